The van der Waals surface area contributed by atoms with Gasteiger partial charge in [-0.05, 0) is 25.1 Å². The molecule has 1 amide bonds. The number of carbonyl (C=O) groups is 1. The van der Waals surface area contributed by atoms with Crippen molar-refractivity contribution in [2.45, 2.75) is 26.6 Å². The van der Waals surface area contributed by atoms with Crippen LogP contribution in [-0.4, -0.2) is 35.2 Å². The molecule has 0 atom stereocenters. The normalized spacial score (nSPS) is 11.0. The van der Waals surface area contributed by atoms with Gasteiger partial charge in [0.25, 0.3) is 5.91 Å². The summed E-state index contributed by atoms with van der Waals surface area (Å²) in [7, 11) is 0. The number of hydrogen-bond donors (Lipinski definition) is 1. The van der Waals surface area contributed by atoms with E-state index in [1.54, 1.807) is 40.1 Å². The molecule has 0 spiro atoms. The van der Waals surface area contributed by atoms with Gasteiger partial charge in [0.2, 0.25) is 0 Å². The molecule has 4 rings (SSSR count). The van der Waals surface area contributed by atoms with Crippen LogP contribution in [-0.2, 0) is 19.6 Å². The Morgan fingerprint density at radius 1 is 1.07 bits per heavy atom. The third-order valence-corrected chi connectivity index (χ3v) is 4.01. The number of nitrogens with one attached hydrogen (secondary N) is 1. The molecule has 0 saturated carbocycles. The fraction of sp³-hybridized carbons (Fsp3) is 0.222. The highest BCUT2D eigenvalue weighted by atomic mass is 16.4. The molecule has 4 heterocycles. The second-order valence-corrected chi connectivity index (χ2v) is 6.05. The molecule has 0 bridgehead atoms. The van der Waals surface area contributed by atoms with Crippen molar-refractivity contribution >= 4 is 11.6 Å². The van der Waals surface area contributed by atoms with E-state index in [0.29, 0.717) is 24.5 Å². The number of nitrogens with zero attached hydrogens (tertiary/aromatic N) is 6. The number of carbonyl (C=O) groups excluding carboxylic acids is 1. The summed E-state index contributed by atoms with van der Waals surface area (Å²) in [6, 6.07) is 5.25. The molecule has 0 radical (unpaired) electrons. The molecule has 4 aromatic rings. The fourth-order valence-electron chi connectivity index (χ4n) is 2.69. The minimum absolute atomic E-state index is 0.245. The van der Waals surface area contributed by atoms with Crippen molar-refractivity contribution in [3.63, 3.8) is 0 Å². The maximum absolute atomic E-state index is 12.4. The quantitative estimate of drug-likeness (QED) is 0.542. The summed E-state index contributed by atoms with van der Waals surface area (Å²) < 4.78 is 10.9. The van der Waals surface area contributed by atoms with Gasteiger partial charge in [0.1, 0.15) is 5.76 Å². The molecule has 1 N–H and O–H groups in total. The lowest BCUT2D eigenvalue weighted by molar-refractivity contribution is 0.0994. The van der Waals surface area contributed by atoms with E-state index >= 15 is 0 Å². The molecule has 27 heavy (non-hydrogen) atoms. The molecule has 4 aromatic heterocycles. The van der Waals surface area contributed by atoms with Gasteiger partial charge in [-0.25, -0.2) is 0 Å². The molecular formula is C18H19N7O2. The van der Waals surface area contributed by atoms with Gasteiger partial charge in [0.15, 0.2) is 5.76 Å². The summed E-state index contributed by atoms with van der Waals surface area (Å²) >= 11 is 0. The largest absolute Gasteiger partial charge is 0.454 e. The van der Waals surface area contributed by atoms with E-state index in [-0.39, 0.29) is 11.7 Å². The van der Waals surface area contributed by atoms with Gasteiger partial charge in [-0.1, -0.05) is 0 Å². The second-order valence-electron chi connectivity index (χ2n) is 6.05. The summed E-state index contributed by atoms with van der Waals surface area (Å²) in [6.45, 7) is 3.92. The highest BCUT2D eigenvalue weighted by Gasteiger charge is 2.13. The molecule has 0 saturated heterocycles. The zero-order valence-corrected chi connectivity index (χ0v) is 14.8. The number of aryl methyl sites for hydroxylation is 1. The van der Waals surface area contributed by atoms with E-state index in [9.17, 15) is 4.79 Å². The summed E-state index contributed by atoms with van der Waals surface area (Å²) in [5, 5.41) is 15.4. The molecule has 0 aliphatic carbocycles. The van der Waals surface area contributed by atoms with Crippen molar-refractivity contribution in [2.24, 2.45) is 0 Å². The molecular weight excluding hydrogens is 346 g/mol. The van der Waals surface area contributed by atoms with Gasteiger partial charge in [0.05, 0.1) is 31.2 Å². The van der Waals surface area contributed by atoms with Crippen molar-refractivity contribution in [2.75, 3.05) is 5.32 Å². The number of amides is 1. The number of aromatic nitrogens is 6. The van der Waals surface area contributed by atoms with E-state index in [1.165, 1.54) is 0 Å². The first-order valence-corrected chi connectivity index (χ1v) is 8.61. The molecule has 138 valence electrons. The first-order valence-electron chi connectivity index (χ1n) is 8.61. The molecule has 0 aliphatic rings. The van der Waals surface area contributed by atoms with Gasteiger partial charge in [-0.3, -0.25) is 18.8 Å². The number of anilines is 1. The lowest BCUT2D eigenvalue weighted by Gasteiger charge is -2.00. The summed E-state index contributed by atoms with van der Waals surface area (Å²) in [4.78, 5) is 12.4. The molecule has 0 aliphatic heterocycles. The van der Waals surface area contributed by atoms with Crippen LogP contribution in [0.2, 0.25) is 0 Å². The van der Waals surface area contributed by atoms with Crippen LogP contribution >= 0.6 is 0 Å². The van der Waals surface area contributed by atoms with E-state index in [4.69, 9.17) is 4.42 Å². The minimum atomic E-state index is -0.319. The Balaban J connectivity index is 1.37. The van der Waals surface area contributed by atoms with Gasteiger partial charge in [-0.2, -0.15) is 15.3 Å². The zero-order valence-electron chi connectivity index (χ0n) is 14.8. The van der Waals surface area contributed by atoms with Gasteiger partial charge in [0, 0.05) is 36.9 Å². The summed E-state index contributed by atoms with van der Waals surface area (Å²) in [6.07, 6.45) is 10.7. The Morgan fingerprint density at radius 2 is 1.96 bits per heavy atom. The van der Waals surface area contributed by atoms with Crippen molar-refractivity contribution in [3.05, 3.63) is 72.5 Å². The fourth-order valence-corrected chi connectivity index (χ4v) is 2.69. The Labute approximate surface area is 155 Å². The molecule has 0 aromatic carbocycles. The van der Waals surface area contributed by atoms with Crippen LogP contribution in [0.25, 0.3) is 0 Å². The minimum Gasteiger partial charge on any atom is -0.454 e. The highest BCUT2D eigenvalue weighted by Crippen LogP contribution is 2.13. The van der Waals surface area contributed by atoms with Crippen molar-refractivity contribution in [1.82, 2.24) is 29.3 Å². The Morgan fingerprint density at radius 3 is 2.74 bits per heavy atom. The average molecular weight is 365 g/mol. The molecule has 9 heteroatoms. The number of hydrogen-bond acceptors (Lipinski definition) is 5. The lowest BCUT2D eigenvalue weighted by atomic mass is 10.3. The van der Waals surface area contributed by atoms with E-state index in [2.05, 4.69) is 20.6 Å². The van der Waals surface area contributed by atoms with E-state index in [0.717, 1.165) is 12.1 Å². The summed E-state index contributed by atoms with van der Waals surface area (Å²) in [5.41, 5.74) is 1.65. The highest BCUT2D eigenvalue weighted by molar-refractivity contribution is 6.02. The zero-order chi connectivity index (χ0) is 18.6. The Hall–Kier alpha value is -3.62. The number of rotatable bonds is 7. The van der Waals surface area contributed by atoms with Crippen molar-refractivity contribution < 1.29 is 9.21 Å². The maximum Gasteiger partial charge on any atom is 0.291 e. The molecule has 9 nitrogen and oxygen atoms in total. The second kappa shape index (κ2) is 7.32. The smallest absolute Gasteiger partial charge is 0.291 e. The average Bonchev–Trinajstić information content (AvgIpc) is 3.43. The Bertz CT molecular complexity index is 1030. The lowest BCUT2D eigenvalue weighted by Crippen LogP contribution is -2.10. The van der Waals surface area contributed by atoms with Crippen LogP contribution in [0, 0.1) is 0 Å². The standard InChI is InChI=1S/C18H19N7O2/c1-2-23-10-14(8-20-23)11-25-12-15(9-21-25)22-18(26)17-5-4-16(27-17)13-24-7-3-6-19-24/h3-10,12H,2,11,13H2,1H3,(H,22,26). The van der Waals surface area contributed by atoms with Crippen molar-refractivity contribution in [3.8, 4) is 0 Å². The SMILES string of the molecule is CCn1cc(Cn2cc(NC(=O)c3ccc(Cn4cccn4)o3)cn2)cn1. The summed E-state index contributed by atoms with van der Waals surface area (Å²) in [5.74, 6) is 0.585. The van der Waals surface area contributed by atoms with Crippen LogP contribution < -0.4 is 5.32 Å². The predicted molar refractivity (Wildman–Crippen MR) is 97.2 cm³/mol. The van der Waals surface area contributed by atoms with Crippen LogP contribution in [0.15, 0.2) is 59.8 Å². The van der Waals surface area contributed by atoms with Crippen LogP contribution in [0.4, 0.5) is 5.69 Å². The number of furan rings is 1. The first-order chi connectivity index (χ1) is 13.2. The maximum atomic E-state index is 12.4. The molecule has 0 fully saturated rings. The monoisotopic (exact) mass is 365 g/mol. The van der Waals surface area contributed by atoms with Crippen LogP contribution in [0.1, 0.15) is 28.8 Å². The van der Waals surface area contributed by atoms with E-state index < -0.39 is 0 Å². The Kier molecular flexibility index (Phi) is 4.56. The van der Waals surface area contributed by atoms with E-state index in [1.807, 2.05) is 36.3 Å². The predicted octanol–water partition coefficient (Wildman–Crippen LogP) is 2.24. The van der Waals surface area contributed by atoms with Gasteiger partial charge in [-0.15, -0.1) is 0 Å². The first kappa shape index (κ1) is 16.8. The molecule has 0 unspecified atom stereocenters. The third kappa shape index (κ3) is 3.97. The van der Waals surface area contributed by atoms with Crippen molar-refractivity contribution in [1.29, 1.82) is 0 Å². The van der Waals surface area contributed by atoms with Crippen LogP contribution in [0.3, 0.4) is 0 Å². The topological polar surface area (TPSA) is 95.7 Å². The van der Waals surface area contributed by atoms with Gasteiger partial charge >= 0.3 is 0 Å². The van der Waals surface area contributed by atoms with Gasteiger partial charge < -0.3 is 9.73 Å². The van der Waals surface area contributed by atoms with Crippen LogP contribution in [0.5, 0.6) is 0 Å². The third-order valence-electron chi connectivity index (χ3n) is 4.01.